The lowest BCUT2D eigenvalue weighted by Gasteiger charge is -2.28. The van der Waals surface area contributed by atoms with Crippen molar-refractivity contribution < 1.29 is 9.53 Å². The maximum Gasteiger partial charge on any atom is 0.259 e. The minimum Gasteiger partial charge on any atom is -0.383 e. The Bertz CT molecular complexity index is 1290. The Labute approximate surface area is 185 Å². The van der Waals surface area contributed by atoms with Crippen molar-refractivity contribution in [3.05, 3.63) is 54.0 Å². The zero-order chi connectivity index (χ0) is 22.2. The van der Waals surface area contributed by atoms with Gasteiger partial charge >= 0.3 is 0 Å². The Morgan fingerprint density at radius 3 is 2.91 bits per heavy atom. The first-order valence-electron chi connectivity index (χ1n) is 10.7. The van der Waals surface area contributed by atoms with E-state index in [1.54, 1.807) is 18.3 Å². The molecule has 4 aromatic rings. The van der Waals surface area contributed by atoms with E-state index in [2.05, 4.69) is 35.2 Å². The summed E-state index contributed by atoms with van der Waals surface area (Å²) in [5, 5.41) is 13.8. The second kappa shape index (κ2) is 8.16. The van der Waals surface area contributed by atoms with E-state index in [0.717, 1.165) is 22.9 Å². The lowest BCUT2D eigenvalue weighted by Crippen LogP contribution is -2.38. The van der Waals surface area contributed by atoms with Gasteiger partial charge in [0.05, 0.1) is 24.9 Å². The lowest BCUT2D eigenvalue weighted by molar-refractivity contribution is 0.0980. The Morgan fingerprint density at radius 2 is 2.09 bits per heavy atom. The Morgan fingerprint density at radius 1 is 1.22 bits per heavy atom. The van der Waals surface area contributed by atoms with E-state index in [1.165, 1.54) is 0 Å². The monoisotopic (exact) mass is 431 g/mol. The molecular weight excluding hydrogens is 406 g/mol. The molecule has 164 valence electrons. The predicted octanol–water partition coefficient (Wildman–Crippen LogP) is 3.12. The van der Waals surface area contributed by atoms with Gasteiger partial charge in [-0.2, -0.15) is 5.10 Å². The smallest absolute Gasteiger partial charge is 0.259 e. The van der Waals surface area contributed by atoms with Gasteiger partial charge in [-0.3, -0.25) is 14.4 Å². The molecule has 9 heteroatoms. The standard InChI is InChI=1S/C23H25N7O2/c1-15(2)29-14-24-27-22(29)19-5-4-6-21(26-19)28-8-7-16-11-17-13-25-30(9-10-32-3)20(17)12-18(16)23(28)31/h4-6,11-15H,7-10H2,1-3H3. The first-order valence-corrected chi connectivity index (χ1v) is 10.7. The van der Waals surface area contributed by atoms with Crippen LogP contribution in [0.15, 0.2) is 42.9 Å². The topological polar surface area (TPSA) is 91.0 Å². The molecule has 0 spiro atoms. The Hall–Kier alpha value is -3.59. The number of rotatable bonds is 6. The van der Waals surface area contributed by atoms with Gasteiger partial charge in [-0.15, -0.1) is 10.2 Å². The number of pyridine rings is 1. The maximum absolute atomic E-state index is 13.5. The molecule has 0 atom stereocenters. The van der Waals surface area contributed by atoms with Crippen molar-refractivity contribution in [3.8, 4) is 11.5 Å². The molecule has 4 heterocycles. The predicted molar refractivity (Wildman–Crippen MR) is 121 cm³/mol. The van der Waals surface area contributed by atoms with Gasteiger partial charge in [0, 0.05) is 30.6 Å². The molecule has 1 aromatic carbocycles. The molecule has 0 saturated carbocycles. The van der Waals surface area contributed by atoms with Gasteiger partial charge in [-0.1, -0.05) is 6.07 Å². The SMILES string of the molecule is COCCn1ncc2cc3c(cc21)C(=O)N(c1cccc(-c2nncn2C(C)C)n1)CC3. The minimum atomic E-state index is -0.0531. The highest BCUT2D eigenvalue weighted by Crippen LogP contribution is 2.29. The van der Waals surface area contributed by atoms with E-state index in [4.69, 9.17) is 9.72 Å². The number of amides is 1. The molecule has 0 aliphatic carbocycles. The Balaban J connectivity index is 1.50. The number of carbonyl (C=O) groups excluding carboxylic acids is 1. The van der Waals surface area contributed by atoms with Crippen molar-refractivity contribution in [1.82, 2.24) is 29.5 Å². The molecule has 1 aliphatic rings. The van der Waals surface area contributed by atoms with E-state index in [9.17, 15) is 4.79 Å². The van der Waals surface area contributed by atoms with Crippen LogP contribution in [-0.4, -0.2) is 55.7 Å². The Kier molecular flexibility index (Phi) is 5.18. The van der Waals surface area contributed by atoms with E-state index in [-0.39, 0.29) is 11.9 Å². The number of hydrogen-bond acceptors (Lipinski definition) is 6. The summed E-state index contributed by atoms with van der Waals surface area (Å²) < 4.78 is 9.03. The second-order valence-corrected chi connectivity index (χ2v) is 8.17. The van der Waals surface area contributed by atoms with Crippen LogP contribution in [-0.2, 0) is 17.7 Å². The largest absolute Gasteiger partial charge is 0.383 e. The normalized spacial score (nSPS) is 13.9. The zero-order valence-electron chi connectivity index (χ0n) is 18.4. The van der Waals surface area contributed by atoms with Gasteiger partial charge in [0.15, 0.2) is 5.82 Å². The van der Waals surface area contributed by atoms with Crippen LogP contribution >= 0.6 is 0 Å². The summed E-state index contributed by atoms with van der Waals surface area (Å²) in [6.07, 6.45) is 4.31. The molecule has 3 aromatic heterocycles. The molecule has 9 nitrogen and oxygen atoms in total. The van der Waals surface area contributed by atoms with Crippen molar-refractivity contribution in [2.24, 2.45) is 0 Å². The van der Waals surface area contributed by atoms with E-state index >= 15 is 0 Å². The molecule has 0 unspecified atom stereocenters. The van der Waals surface area contributed by atoms with Crippen LogP contribution in [0, 0.1) is 0 Å². The van der Waals surface area contributed by atoms with Gasteiger partial charge < -0.3 is 9.30 Å². The average molecular weight is 432 g/mol. The van der Waals surface area contributed by atoms with Gasteiger partial charge in [-0.05, 0) is 50.1 Å². The highest BCUT2D eigenvalue weighted by molar-refractivity contribution is 6.09. The summed E-state index contributed by atoms with van der Waals surface area (Å²) in [6, 6.07) is 9.89. The van der Waals surface area contributed by atoms with E-state index < -0.39 is 0 Å². The molecule has 0 fully saturated rings. The van der Waals surface area contributed by atoms with Gasteiger partial charge in [0.25, 0.3) is 5.91 Å². The van der Waals surface area contributed by atoms with Crippen LogP contribution < -0.4 is 4.90 Å². The number of methoxy groups -OCH3 is 1. The summed E-state index contributed by atoms with van der Waals surface area (Å²) in [5.74, 6) is 1.25. The summed E-state index contributed by atoms with van der Waals surface area (Å²) in [5.41, 5.74) is 3.37. The number of fused-ring (bicyclic) bond motifs is 2. The molecule has 0 bridgehead atoms. The molecule has 0 radical (unpaired) electrons. The molecule has 0 N–H and O–H groups in total. The number of nitrogens with zero attached hydrogens (tertiary/aromatic N) is 7. The van der Waals surface area contributed by atoms with Crippen molar-refractivity contribution in [2.45, 2.75) is 32.9 Å². The summed E-state index contributed by atoms with van der Waals surface area (Å²) >= 11 is 0. The quantitative estimate of drug-likeness (QED) is 0.466. The van der Waals surface area contributed by atoms with E-state index in [0.29, 0.717) is 42.6 Å². The number of benzene rings is 1. The van der Waals surface area contributed by atoms with Gasteiger partial charge in [0.2, 0.25) is 0 Å². The summed E-state index contributed by atoms with van der Waals surface area (Å²) in [6.45, 7) is 5.91. The first-order chi connectivity index (χ1) is 15.6. The van der Waals surface area contributed by atoms with Crippen LogP contribution in [0.4, 0.5) is 5.82 Å². The lowest BCUT2D eigenvalue weighted by atomic mass is 9.97. The van der Waals surface area contributed by atoms with Crippen LogP contribution in [0.3, 0.4) is 0 Å². The fourth-order valence-corrected chi connectivity index (χ4v) is 4.13. The fourth-order valence-electron chi connectivity index (χ4n) is 4.13. The number of carbonyl (C=O) groups is 1. The third kappa shape index (κ3) is 3.44. The second-order valence-electron chi connectivity index (χ2n) is 8.17. The molecule has 32 heavy (non-hydrogen) atoms. The molecule has 1 amide bonds. The maximum atomic E-state index is 13.5. The summed E-state index contributed by atoms with van der Waals surface area (Å²) in [7, 11) is 1.67. The van der Waals surface area contributed by atoms with E-state index in [1.807, 2.05) is 39.7 Å². The van der Waals surface area contributed by atoms with Crippen molar-refractivity contribution in [3.63, 3.8) is 0 Å². The highest BCUT2D eigenvalue weighted by atomic mass is 16.5. The number of anilines is 1. The third-order valence-electron chi connectivity index (χ3n) is 5.82. The van der Waals surface area contributed by atoms with Crippen LogP contribution in [0.25, 0.3) is 22.4 Å². The average Bonchev–Trinajstić information content (AvgIpc) is 3.44. The van der Waals surface area contributed by atoms with Crippen LogP contribution in [0.1, 0.15) is 35.8 Å². The minimum absolute atomic E-state index is 0.0531. The summed E-state index contributed by atoms with van der Waals surface area (Å²) in [4.78, 5) is 20.0. The molecule has 5 rings (SSSR count). The van der Waals surface area contributed by atoms with Crippen molar-refractivity contribution in [1.29, 1.82) is 0 Å². The molecule has 1 aliphatic heterocycles. The third-order valence-corrected chi connectivity index (χ3v) is 5.82. The van der Waals surface area contributed by atoms with Crippen molar-refractivity contribution >= 4 is 22.6 Å². The number of hydrogen-bond donors (Lipinski definition) is 0. The molecule has 0 saturated heterocycles. The fraction of sp³-hybridized carbons (Fsp3) is 0.348. The van der Waals surface area contributed by atoms with Crippen LogP contribution in [0.5, 0.6) is 0 Å². The first kappa shape index (κ1) is 20.3. The van der Waals surface area contributed by atoms with Gasteiger partial charge in [0.1, 0.15) is 17.8 Å². The molecular formula is C23H25N7O2. The highest BCUT2D eigenvalue weighted by Gasteiger charge is 2.28. The zero-order valence-corrected chi connectivity index (χ0v) is 18.4. The van der Waals surface area contributed by atoms with Gasteiger partial charge in [-0.25, -0.2) is 4.98 Å². The van der Waals surface area contributed by atoms with Crippen molar-refractivity contribution in [2.75, 3.05) is 25.2 Å². The number of ether oxygens (including phenoxy) is 1. The number of aromatic nitrogens is 6. The van der Waals surface area contributed by atoms with Crippen LogP contribution in [0.2, 0.25) is 0 Å².